The van der Waals surface area contributed by atoms with Gasteiger partial charge in [0.15, 0.2) is 5.16 Å². The lowest BCUT2D eigenvalue weighted by Crippen LogP contribution is -2.26. The van der Waals surface area contributed by atoms with Crippen LogP contribution in [-0.4, -0.2) is 21.1 Å². The van der Waals surface area contributed by atoms with Crippen molar-refractivity contribution in [1.29, 1.82) is 5.26 Å². The average molecular weight is 478 g/mol. The lowest BCUT2D eigenvalue weighted by atomic mass is 9.72. The fraction of sp³-hybridized carbons (Fsp3) is 0.333. The molecule has 0 amide bonds. The highest BCUT2D eigenvalue weighted by molar-refractivity contribution is 7.99. The Balaban J connectivity index is 1.61. The summed E-state index contributed by atoms with van der Waals surface area (Å²) in [5, 5.41) is 22.5. The highest BCUT2D eigenvalue weighted by atomic mass is 32.2. The van der Waals surface area contributed by atoms with Gasteiger partial charge in [0.25, 0.3) is 5.69 Å². The zero-order valence-electron chi connectivity index (χ0n) is 18.6. The van der Waals surface area contributed by atoms with Crippen molar-refractivity contribution in [3.63, 3.8) is 0 Å². The maximum absolute atomic E-state index is 11.6. The molecule has 0 spiro atoms. The Morgan fingerprint density at radius 1 is 1.33 bits per heavy atom. The summed E-state index contributed by atoms with van der Waals surface area (Å²) in [4.78, 5) is 25.7. The van der Waals surface area contributed by atoms with Crippen LogP contribution >= 0.6 is 23.1 Å². The van der Waals surface area contributed by atoms with Gasteiger partial charge in [-0.1, -0.05) is 26.8 Å². The summed E-state index contributed by atoms with van der Waals surface area (Å²) >= 11 is 2.71. The van der Waals surface area contributed by atoms with Crippen LogP contribution in [0.1, 0.15) is 48.8 Å². The summed E-state index contributed by atoms with van der Waals surface area (Å²) < 4.78 is 0. The van der Waals surface area contributed by atoms with E-state index >= 15 is 0 Å². The van der Waals surface area contributed by atoms with E-state index in [4.69, 9.17) is 0 Å². The molecule has 2 aromatic heterocycles. The van der Waals surface area contributed by atoms with E-state index in [2.05, 4.69) is 41.8 Å². The van der Waals surface area contributed by atoms with Gasteiger partial charge in [-0.05, 0) is 65.6 Å². The number of nitro benzene ring substituents is 1. The van der Waals surface area contributed by atoms with Crippen LogP contribution in [0.25, 0.3) is 0 Å². The summed E-state index contributed by atoms with van der Waals surface area (Å²) in [6.45, 7) is 6.79. The highest BCUT2D eigenvalue weighted by Crippen LogP contribution is 2.45. The molecule has 0 saturated carbocycles. The molecule has 0 radical (unpaired) electrons. The van der Waals surface area contributed by atoms with Gasteiger partial charge in [-0.2, -0.15) is 5.26 Å². The molecular weight excluding hydrogens is 454 g/mol. The quantitative estimate of drug-likeness (QED) is 0.183. The maximum atomic E-state index is 11.6. The number of nitrogens with zero attached hydrogens (tertiary/aromatic N) is 5. The molecule has 0 aliphatic heterocycles. The number of nitriles is 1. The molecule has 33 heavy (non-hydrogen) atoms. The molecule has 0 N–H and O–H groups in total. The predicted molar refractivity (Wildman–Crippen MR) is 131 cm³/mol. The molecule has 2 heterocycles. The van der Waals surface area contributed by atoms with Crippen LogP contribution in [0.3, 0.4) is 0 Å². The van der Waals surface area contributed by atoms with Crippen molar-refractivity contribution in [2.45, 2.75) is 50.1 Å². The predicted octanol–water partition coefficient (Wildman–Crippen LogP) is 6.37. The highest BCUT2D eigenvalue weighted by Gasteiger charge is 2.32. The zero-order chi connectivity index (χ0) is 23.6. The second-order valence-corrected chi connectivity index (χ2v) is 11.1. The summed E-state index contributed by atoms with van der Waals surface area (Å²) in [6.07, 6.45) is 7.72. The molecule has 0 fully saturated rings. The first-order valence-corrected chi connectivity index (χ1v) is 12.2. The topological polar surface area (TPSA) is 105 Å². The number of rotatable bonds is 5. The molecule has 0 unspecified atom stereocenters. The summed E-state index contributed by atoms with van der Waals surface area (Å²) in [7, 11) is 0. The van der Waals surface area contributed by atoms with Gasteiger partial charge < -0.3 is 0 Å². The second kappa shape index (κ2) is 9.41. The van der Waals surface area contributed by atoms with Gasteiger partial charge in [-0.25, -0.2) is 15.0 Å². The van der Waals surface area contributed by atoms with Gasteiger partial charge in [0, 0.05) is 29.6 Å². The first-order valence-electron chi connectivity index (χ1n) is 10.6. The van der Waals surface area contributed by atoms with E-state index < -0.39 is 4.92 Å². The number of hydrogen-bond acceptors (Lipinski definition) is 8. The van der Waals surface area contributed by atoms with E-state index in [0.29, 0.717) is 32.1 Å². The lowest BCUT2D eigenvalue weighted by Gasteiger charge is -2.33. The molecule has 7 nitrogen and oxygen atoms in total. The van der Waals surface area contributed by atoms with Crippen LogP contribution in [0.4, 0.5) is 10.7 Å². The SMILES string of the molecule is CC(C)(C)[C@H]1CCc2c(sc(N=Cc3ccc(Sc4ncccn4)c([N+](=O)[O-])c3)c2C#N)C1. The number of thiophene rings is 1. The van der Waals surface area contributed by atoms with Crippen LogP contribution in [0.2, 0.25) is 0 Å². The van der Waals surface area contributed by atoms with Crippen LogP contribution in [0.15, 0.2) is 51.7 Å². The molecule has 4 rings (SSSR count). The number of hydrogen-bond donors (Lipinski definition) is 0. The van der Waals surface area contributed by atoms with E-state index in [1.165, 1.54) is 10.9 Å². The van der Waals surface area contributed by atoms with Gasteiger partial charge in [-0.15, -0.1) is 11.3 Å². The summed E-state index contributed by atoms with van der Waals surface area (Å²) in [5.41, 5.74) is 2.55. The van der Waals surface area contributed by atoms with Gasteiger partial charge in [-0.3, -0.25) is 10.1 Å². The first kappa shape index (κ1) is 23.1. The van der Waals surface area contributed by atoms with Gasteiger partial charge in [0.05, 0.1) is 15.4 Å². The number of nitro groups is 1. The fourth-order valence-corrected chi connectivity index (χ4v) is 5.95. The van der Waals surface area contributed by atoms with E-state index in [0.717, 1.165) is 36.6 Å². The van der Waals surface area contributed by atoms with E-state index in [-0.39, 0.29) is 11.1 Å². The minimum absolute atomic E-state index is 0.0320. The monoisotopic (exact) mass is 477 g/mol. The largest absolute Gasteiger partial charge is 0.283 e. The minimum Gasteiger partial charge on any atom is -0.258 e. The Morgan fingerprint density at radius 3 is 2.76 bits per heavy atom. The third kappa shape index (κ3) is 5.13. The molecular formula is C24H23N5O2S2. The molecule has 1 aromatic carbocycles. The average Bonchev–Trinajstić information content (AvgIpc) is 3.15. The standard InChI is InChI=1S/C24H23N5O2S2/c1-24(2,3)16-6-7-17-18(13-25)22(32-21(17)12-16)28-14-15-5-8-20(19(11-15)29(30)31)33-23-26-9-4-10-27-23/h4-5,8-11,14,16H,6-7,12H2,1-3H3/t16-/m0/s1. The Hall–Kier alpha value is -3.09. The normalized spacial score (nSPS) is 15.9. The molecule has 168 valence electrons. The Labute approximate surface area is 200 Å². The van der Waals surface area contributed by atoms with Crippen molar-refractivity contribution in [2.24, 2.45) is 16.3 Å². The molecule has 0 saturated heterocycles. The van der Waals surface area contributed by atoms with Crippen LogP contribution in [-0.2, 0) is 12.8 Å². The first-order chi connectivity index (χ1) is 15.8. The third-order valence-electron chi connectivity index (χ3n) is 5.84. The van der Waals surface area contributed by atoms with E-state index in [9.17, 15) is 15.4 Å². The maximum Gasteiger partial charge on any atom is 0.283 e. The van der Waals surface area contributed by atoms with Crippen molar-refractivity contribution in [1.82, 2.24) is 9.97 Å². The van der Waals surface area contributed by atoms with Gasteiger partial charge >= 0.3 is 0 Å². The van der Waals surface area contributed by atoms with E-state index in [1.54, 1.807) is 48.1 Å². The second-order valence-electron chi connectivity index (χ2n) is 8.98. The minimum atomic E-state index is -0.417. The molecule has 9 heteroatoms. The molecule has 1 aliphatic carbocycles. The summed E-state index contributed by atoms with van der Waals surface area (Å²) in [5.74, 6) is 0.577. The van der Waals surface area contributed by atoms with Crippen molar-refractivity contribution in [3.05, 3.63) is 68.3 Å². The van der Waals surface area contributed by atoms with Crippen LogP contribution in [0, 0.1) is 32.8 Å². The van der Waals surface area contributed by atoms with Crippen molar-refractivity contribution < 1.29 is 4.92 Å². The fourth-order valence-electron chi connectivity index (χ4n) is 3.93. The number of aromatic nitrogens is 2. The van der Waals surface area contributed by atoms with Crippen molar-refractivity contribution >= 4 is 40.0 Å². The molecule has 1 aliphatic rings. The molecule has 3 aromatic rings. The van der Waals surface area contributed by atoms with Gasteiger partial charge in [0.2, 0.25) is 0 Å². The molecule has 0 bridgehead atoms. The number of fused-ring (bicyclic) bond motifs is 1. The van der Waals surface area contributed by atoms with E-state index in [1.807, 2.05) is 0 Å². The van der Waals surface area contributed by atoms with Crippen LogP contribution < -0.4 is 0 Å². The number of benzene rings is 1. The Kier molecular flexibility index (Phi) is 6.58. The summed E-state index contributed by atoms with van der Waals surface area (Å²) in [6, 6.07) is 8.97. The van der Waals surface area contributed by atoms with Crippen LogP contribution in [0.5, 0.6) is 0 Å². The van der Waals surface area contributed by atoms with Crippen molar-refractivity contribution in [2.75, 3.05) is 0 Å². The third-order valence-corrected chi connectivity index (χ3v) is 7.96. The Morgan fingerprint density at radius 2 is 2.09 bits per heavy atom. The van der Waals surface area contributed by atoms with Crippen molar-refractivity contribution in [3.8, 4) is 6.07 Å². The smallest absolute Gasteiger partial charge is 0.258 e. The lowest BCUT2D eigenvalue weighted by molar-refractivity contribution is -0.387. The number of aliphatic imine (C=N–C) groups is 1. The molecule has 1 atom stereocenters. The van der Waals surface area contributed by atoms with Gasteiger partial charge in [0.1, 0.15) is 11.1 Å². The Bertz CT molecular complexity index is 1260. The zero-order valence-corrected chi connectivity index (χ0v) is 20.2.